The van der Waals surface area contributed by atoms with Crippen molar-refractivity contribution < 1.29 is 10.3 Å². The minimum atomic E-state index is 0. The van der Waals surface area contributed by atoms with E-state index in [1.807, 2.05) is 6.79 Å². The Morgan fingerprint density at radius 1 is 1.25 bits per heavy atom. The van der Waals surface area contributed by atoms with E-state index in [1.54, 1.807) is 0 Å². The Labute approximate surface area is 61.8 Å². The zero-order valence-electron chi connectivity index (χ0n) is 1.62. The molecule has 4 heavy (non-hydrogen) atoms. The van der Waals surface area contributed by atoms with E-state index in [9.17, 15) is 0 Å². The molecule has 24 valence electrons. The predicted octanol–water partition coefficient (Wildman–Crippen LogP) is -1.93. The summed E-state index contributed by atoms with van der Waals surface area (Å²) in [6.45, 7) is 2.00. The molecule has 0 radical (unpaired) electrons. The van der Waals surface area contributed by atoms with E-state index in [2.05, 4.69) is 0 Å². The third-order valence-corrected chi connectivity index (χ3v) is 0. The Morgan fingerprint density at radius 2 is 1.25 bits per heavy atom. The van der Waals surface area contributed by atoms with Crippen LogP contribution in [0.25, 0.3) is 0 Å². The normalized spacial score (nSPS) is 1.00. The van der Waals surface area contributed by atoms with Crippen LogP contribution in [0.2, 0.25) is 0 Å². The molecule has 0 amide bonds. The van der Waals surface area contributed by atoms with Crippen LogP contribution in [0.5, 0.6) is 0 Å². The van der Waals surface area contributed by atoms with Gasteiger partial charge < -0.3 is 10.3 Å². The standard InChI is InChI=1S/CH2O.H2O.Sr.2H/c1-2;;;;/h1H2;1H2;;;. The van der Waals surface area contributed by atoms with Crippen LogP contribution in [0.3, 0.4) is 0 Å². The van der Waals surface area contributed by atoms with Crippen molar-refractivity contribution in [1.29, 1.82) is 0 Å². The van der Waals surface area contributed by atoms with E-state index in [4.69, 9.17) is 4.79 Å². The Morgan fingerprint density at radius 3 is 1.25 bits per heavy atom. The van der Waals surface area contributed by atoms with Crippen molar-refractivity contribution in [2.24, 2.45) is 0 Å². The molecule has 2 N–H and O–H groups in total. The van der Waals surface area contributed by atoms with Gasteiger partial charge in [-0.3, -0.25) is 0 Å². The molecule has 3 heteroatoms. The third-order valence-electron chi connectivity index (χ3n) is 0. The molecule has 0 aliphatic carbocycles. The Balaban J connectivity index is -0.00000000500. The van der Waals surface area contributed by atoms with Crippen molar-refractivity contribution in [3.63, 3.8) is 0 Å². The molecule has 0 fully saturated rings. The van der Waals surface area contributed by atoms with Crippen molar-refractivity contribution in [3.05, 3.63) is 0 Å². The Kier molecular flexibility index (Phi) is 156. The average Bonchev–Trinajstić information content (AvgIpc) is 1.00. The van der Waals surface area contributed by atoms with Crippen molar-refractivity contribution >= 4 is 52.3 Å². The number of rotatable bonds is 0. The molecule has 0 saturated heterocycles. The van der Waals surface area contributed by atoms with Crippen molar-refractivity contribution in [3.8, 4) is 0 Å². The van der Waals surface area contributed by atoms with Gasteiger partial charge in [-0.25, -0.2) is 0 Å². The molecule has 0 aromatic rings. The molecule has 0 aromatic carbocycles. The van der Waals surface area contributed by atoms with Crippen LogP contribution in [0.4, 0.5) is 0 Å². The van der Waals surface area contributed by atoms with Gasteiger partial charge in [-0.1, -0.05) is 0 Å². The zero-order valence-corrected chi connectivity index (χ0v) is 1.62. The van der Waals surface area contributed by atoms with Crippen molar-refractivity contribution in [1.82, 2.24) is 0 Å². The van der Waals surface area contributed by atoms with Gasteiger partial charge >= 0.3 is 45.5 Å². The van der Waals surface area contributed by atoms with Gasteiger partial charge in [0.1, 0.15) is 6.79 Å². The van der Waals surface area contributed by atoms with E-state index in [0.29, 0.717) is 0 Å². The molecule has 0 bridgehead atoms. The number of carbonyl (C=O) groups excluding carboxylic acids is 1. The first-order chi connectivity index (χ1) is 1.00. The van der Waals surface area contributed by atoms with E-state index in [1.165, 1.54) is 0 Å². The van der Waals surface area contributed by atoms with Gasteiger partial charge in [0.15, 0.2) is 0 Å². The summed E-state index contributed by atoms with van der Waals surface area (Å²) in [6, 6.07) is 0. The molecular weight excluding hydrogens is 132 g/mol. The van der Waals surface area contributed by atoms with E-state index in [-0.39, 0.29) is 51.0 Å². The maximum atomic E-state index is 8.00. The van der Waals surface area contributed by atoms with Crippen LogP contribution in [0.15, 0.2) is 0 Å². The van der Waals surface area contributed by atoms with Gasteiger partial charge in [0.25, 0.3) is 0 Å². The summed E-state index contributed by atoms with van der Waals surface area (Å²) in [6.07, 6.45) is 0. The number of hydrogen-bond acceptors (Lipinski definition) is 1. The summed E-state index contributed by atoms with van der Waals surface area (Å²) in [4.78, 5) is 8.00. The van der Waals surface area contributed by atoms with Gasteiger partial charge in [0.05, 0.1) is 0 Å². The number of hydrogen-bond donors (Lipinski definition) is 0. The maximum absolute atomic E-state index is 8.00. The summed E-state index contributed by atoms with van der Waals surface area (Å²) in [5, 5.41) is 0. The molecule has 0 saturated carbocycles. The summed E-state index contributed by atoms with van der Waals surface area (Å²) in [5.74, 6) is 0. The first-order valence-electron chi connectivity index (χ1n) is 0.289. The third kappa shape index (κ3) is 11.2. The fourth-order valence-corrected chi connectivity index (χ4v) is 0. The molecule has 0 atom stereocenters. The first kappa shape index (κ1) is 19.4. The second-order valence-electron chi connectivity index (χ2n) is 0. The molecule has 0 rings (SSSR count). The van der Waals surface area contributed by atoms with Crippen LogP contribution < -0.4 is 0 Å². The summed E-state index contributed by atoms with van der Waals surface area (Å²) >= 11 is 0. The van der Waals surface area contributed by atoms with E-state index in [0.717, 1.165) is 0 Å². The number of carbonyl (C=O) groups is 1. The molecular formula is CH6O2Sr. The van der Waals surface area contributed by atoms with Crippen LogP contribution in [0, 0.1) is 0 Å². The van der Waals surface area contributed by atoms with Gasteiger partial charge in [-0.15, -0.1) is 0 Å². The minimum absolute atomic E-state index is 0. The van der Waals surface area contributed by atoms with Gasteiger partial charge in [-0.2, -0.15) is 0 Å². The molecule has 0 aliphatic heterocycles. The quantitative estimate of drug-likeness (QED) is 0.359. The Hall–Kier alpha value is 1.11. The predicted molar refractivity (Wildman–Crippen MR) is 19.3 cm³/mol. The van der Waals surface area contributed by atoms with Crippen molar-refractivity contribution in [2.45, 2.75) is 0 Å². The van der Waals surface area contributed by atoms with Crippen LogP contribution in [-0.2, 0) is 4.79 Å². The molecule has 0 aromatic heterocycles. The fourth-order valence-electron chi connectivity index (χ4n) is 0. The fraction of sp³-hybridized carbons (Fsp3) is 0. The molecule has 2 nitrogen and oxygen atoms in total. The Bertz CT molecular complexity index is 6.00. The van der Waals surface area contributed by atoms with Crippen LogP contribution in [0.1, 0.15) is 0 Å². The topological polar surface area (TPSA) is 48.6 Å². The van der Waals surface area contributed by atoms with Gasteiger partial charge in [0, 0.05) is 0 Å². The van der Waals surface area contributed by atoms with E-state index < -0.39 is 0 Å². The molecule has 0 aliphatic rings. The summed E-state index contributed by atoms with van der Waals surface area (Å²) < 4.78 is 0. The molecule has 0 heterocycles. The molecule has 0 spiro atoms. The first-order valence-corrected chi connectivity index (χ1v) is 0.289. The zero-order chi connectivity index (χ0) is 2.00. The summed E-state index contributed by atoms with van der Waals surface area (Å²) in [7, 11) is 0. The summed E-state index contributed by atoms with van der Waals surface area (Å²) in [5.41, 5.74) is 0. The van der Waals surface area contributed by atoms with Crippen LogP contribution >= 0.6 is 0 Å². The second-order valence-corrected chi connectivity index (χ2v) is 0. The monoisotopic (exact) mass is 138 g/mol. The average molecular weight is 138 g/mol. The van der Waals surface area contributed by atoms with E-state index >= 15 is 0 Å². The SMILES string of the molecule is C=O.O.[SrH2]. The molecule has 0 unspecified atom stereocenters. The second kappa shape index (κ2) is 32.2. The van der Waals surface area contributed by atoms with Gasteiger partial charge in [-0.05, 0) is 0 Å². The van der Waals surface area contributed by atoms with Crippen molar-refractivity contribution in [2.75, 3.05) is 0 Å². The van der Waals surface area contributed by atoms with Gasteiger partial charge in [0.2, 0.25) is 0 Å². The van der Waals surface area contributed by atoms with Crippen LogP contribution in [-0.4, -0.2) is 57.7 Å².